The summed E-state index contributed by atoms with van der Waals surface area (Å²) in [5.41, 5.74) is 0. The highest BCUT2D eigenvalue weighted by molar-refractivity contribution is 5.60. The largest absolute Gasteiger partial charge is 0.256 e. The van der Waals surface area contributed by atoms with Crippen LogP contribution in [0.4, 0.5) is 0 Å². The van der Waals surface area contributed by atoms with Crippen LogP contribution in [0.15, 0.2) is 0 Å². The molecular weight excluding hydrogens is 88.1 g/mol. The van der Waals surface area contributed by atoms with E-state index in [1.807, 2.05) is 18.3 Å². The fourth-order valence-corrected chi connectivity index (χ4v) is 0.739. The third kappa shape index (κ3) is 0.918. The van der Waals surface area contributed by atoms with Crippen LogP contribution >= 0.6 is 0 Å². The van der Waals surface area contributed by atoms with E-state index in [4.69, 9.17) is 0 Å². The Balaban J connectivity index is 2.42. The molecule has 0 aromatic rings. The SMILES string of the molecule is CC1C=[N+]N(C)C1. The molecule has 0 fully saturated rings. The van der Waals surface area contributed by atoms with Gasteiger partial charge in [-0.25, -0.2) is 0 Å². The summed E-state index contributed by atoms with van der Waals surface area (Å²) in [6.07, 6.45) is 1.97. The number of hydrogen-bond acceptors (Lipinski definition) is 2. The molecule has 0 saturated carbocycles. The zero-order chi connectivity index (χ0) is 5.28. The van der Waals surface area contributed by atoms with Crippen LogP contribution in [0, 0.1) is 5.92 Å². The van der Waals surface area contributed by atoms with Gasteiger partial charge in [0.1, 0.15) is 0 Å². The summed E-state index contributed by atoms with van der Waals surface area (Å²) >= 11 is 0. The lowest BCUT2D eigenvalue weighted by atomic mass is 10.2. The molecule has 0 amide bonds. The van der Waals surface area contributed by atoms with Crippen LogP contribution in [-0.4, -0.2) is 24.8 Å². The zero-order valence-corrected chi connectivity index (χ0v) is 4.76. The van der Waals surface area contributed by atoms with E-state index >= 15 is 0 Å². The summed E-state index contributed by atoms with van der Waals surface area (Å²) < 4.78 is 0. The first-order valence-corrected chi connectivity index (χ1v) is 2.54. The van der Waals surface area contributed by atoms with E-state index in [1.165, 1.54) is 0 Å². The van der Waals surface area contributed by atoms with Crippen molar-refractivity contribution in [1.29, 1.82) is 0 Å². The van der Waals surface area contributed by atoms with Crippen LogP contribution in [0.25, 0.3) is 0 Å². The molecule has 39 valence electrons. The molecule has 0 aliphatic carbocycles. The van der Waals surface area contributed by atoms with Crippen molar-refractivity contribution in [3.05, 3.63) is 0 Å². The van der Waals surface area contributed by atoms with Gasteiger partial charge >= 0.3 is 0 Å². The van der Waals surface area contributed by atoms with Crippen molar-refractivity contribution in [1.82, 2.24) is 10.1 Å². The number of rotatable bonds is 0. The second kappa shape index (κ2) is 1.52. The van der Waals surface area contributed by atoms with Crippen molar-refractivity contribution in [2.75, 3.05) is 13.6 Å². The van der Waals surface area contributed by atoms with Gasteiger partial charge in [-0.15, -0.1) is 5.01 Å². The van der Waals surface area contributed by atoms with Gasteiger partial charge < -0.3 is 0 Å². The van der Waals surface area contributed by atoms with Gasteiger partial charge in [0.15, 0.2) is 5.10 Å². The molecule has 1 aliphatic heterocycles. The van der Waals surface area contributed by atoms with Crippen molar-refractivity contribution in [3.8, 4) is 0 Å². The number of hydrogen-bond donors (Lipinski definition) is 0. The summed E-state index contributed by atoms with van der Waals surface area (Å²) in [6, 6.07) is 0. The van der Waals surface area contributed by atoms with Crippen LogP contribution in [-0.2, 0) is 0 Å². The van der Waals surface area contributed by atoms with Crippen LogP contribution in [0.3, 0.4) is 0 Å². The maximum absolute atomic E-state index is 4.03. The van der Waals surface area contributed by atoms with Gasteiger partial charge in [-0.1, -0.05) is 6.92 Å². The molecule has 0 saturated heterocycles. The quantitative estimate of drug-likeness (QED) is 0.413. The summed E-state index contributed by atoms with van der Waals surface area (Å²) in [5.74, 6) is 0.657. The maximum Gasteiger partial charge on any atom is 0.256 e. The monoisotopic (exact) mass is 98.1 g/mol. The van der Waals surface area contributed by atoms with Crippen LogP contribution in [0.1, 0.15) is 6.92 Å². The summed E-state index contributed by atoms with van der Waals surface area (Å²) in [7, 11) is 1.99. The zero-order valence-electron chi connectivity index (χ0n) is 4.76. The predicted molar refractivity (Wildman–Crippen MR) is 30.0 cm³/mol. The number of nitrogens with zero attached hydrogens (tertiary/aromatic N) is 2. The Morgan fingerprint density at radius 3 is 2.71 bits per heavy atom. The molecule has 1 rings (SSSR count). The average molecular weight is 98.1 g/mol. The van der Waals surface area contributed by atoms with Crippen molar-refractivity contribution in [3.63, 3.8) is 0 Å². The molecule has 1 atom stereocenters. The van der Waals surface area contributed by atoms with Crippen molar-refractivity contribution < 1.29 is 0 Å². The van der Waals surface area contributed by atoms with E-state index in [-0.39, 0.29) is 0 Å². The average Bonchev–Trinajstić information content (AvgIpc) is 1.87. The lowest BCUT2D eigenvalue weighted by Gasteiger charge is -1.91. The molecule has 1 aliphatic rings. The highest BCUT2D eigenvalue weighted by atomic mass is 15.4. The summed E-state index contributed by atoms with van der Waals surface area (Å²) in [4.78, 5) is 0. The highest BCUT2D eigenvalue weighted by Gasteiger charge is 2.19. The lowest BCUT2D eigenvalue weighted by Crippen LogP contribution is -2.16. The van der Waals surface area contributed by atoms with Crippen molar-refractivity contribution >= 4 is 6.21 Å². The second-order valence-corrected chi connectivity index (χ2v) is 2.08. The Bertz CT molecular complexity index is 78.1. The van der Waals surface area contributed by atoms with Gasteiger partial charge in [0.2, 0.25) is 0 Å². The molecule has 0 aromatic carbocycles. The lowest BCUT2D eigenvalue weighted by molar-refractivity contribution is 0.326. The minimum Gasteiger partial charge on any atom is -0.124 e. The van der Waals surface area contributed by atoms with Crippen LogP contribution < -0.4 is 5.10 Å². The minimum atomic E-state index is 0.657. The van der Waals surface area contributed by atoms with E-state index in [0.29, 0.717) is 5.92 Å². The highest BCUT2D eigenvalue weighted by Crippen LogP contribution is 1.95. The topological polar surface area (TPSA) is 17.3 Å². The number of hydrazone groups is 1. The van der Waals surface area contributed by atoms with Crippen LogP contribution in [0.2, 0.25) is 0 Å². The van der Waals surface area contributed by atoms with Crippen molar-refractivity contribution in [2.24, 2.45) is 5.92 Å². The van der Waals surface area contributed by atoms with Gasteiger partial charge in [0.05, 0.1) is 19.5 Å². The smallest absolute Gasteiger partial charge is 0.124 e. The Labute approximate surface area is 43.8 Å². The molecule has 2 heteroatoms. The van der Waals surface area contributed by atoms with E-state index in [2.05, 4.69) is 12.0 Å². The molecular formula is C5H10N2+. The molecule has 7 heavy (non-hydrogen) atoms. The molecule has 1 heterocycles. The fourth-order valence-electron chi connectivity index (χ4n) is 0.739. The predicted octanol–water partition coefficient (Wildman–Crippen LogP) is -0.111. The maximum atomic E-state index is 4.03. The van der Waals surface area contributed by atoms with Gasteiger partial charge in [-0.2, -0.15) is 0 Å². The molecule has 2 nitrogen and oxygen atoms in total. The summed E-state index contributed by atoms with van der Waals surface area (Å²) in [5, 5.41) is 5.97. The van der Waals surface area contributed by atoms with Gasteiger partial charge in [0, 0.05) is 0 Å². The molecule has 0 aromatic heterocycles. The van der Waals surface area contributed by atoms with E-state index in [0.717, 1.165) is 6.54 Å². The third-order valence-corrected chi connectivity index (χ3v) is 1.07. The second-order valence-electron chi connectivity index (χ2n) is 2.08. The van der Waals surface area contributed by atoms with E-state index in [1.54, 1.807) is 0 Å². The third-order valence-electron chi connectivity index (χ3n) is 1.07. The standard InChI is InChI=1S/C5H10N2/c1-5-3-6-7(2)4-5/h3,5H,4H2,1-2H3/q+1. The van der Waals surface area contributed by atoms with Gasteiger partial charge in [0.25, 0.3) is 6.21 Å². The van der Waals surface area contributed by atoms with E-state index in [9.17, 15) is 0 Å². The molecule has 0 N–H and O–H groups in total. The summed E-state index contributed by atoms with van der Waals surface area (Å²) in [6.45, 7) is 3.24. The molecule has 0 bridgehead atoms. The van der Waals surface area contributed by atoms with Gasteiger partial charge in [-0.3, -0.25) is 0 Å². The molecule has 0 spiro atoms. The molecule has 1 unspecified atom stereocenters. The van der Waals surface area contributed by atoms with Gasteiger partial charge in [-0.05, 0) is 0 Å². The Hall–Kier alpha value is -0.530. The minimum absolute atomic E-state index is 0.657. The molecule has 1 radical (unpaired) electrons. The first-order chi connectivity index (χ1) is 3.29. The Kier molecular flexibility index (Phi) is 1.01. The van der Waals surface area contributed by atoms with Crippen LogP contribution in [0.5, 0.6) is 0 Å². The normalized spacial score (nSPS) is 29.4. The Morgan fingerprint density at radius 2 is 2.57 bits per heavy atom. The first kappa shape index (κ1) is 4.62. The first-order valence-electron chi connectivity index (χ1n) is 2.54. The van der Waals surface area contributed by atoms with E-state index < -0.39 is 0 Å². The van der Waals surface area contributed by atoms with Crippen molar-refractivity contribution in [2.45, 2.75) is 6.92 Å². The Morgan fingerprint density at radius 1 is 1.86 bits per heavy atom. The fraction of sp³-hybridized carbons (Fsp3) is 0.800.